The first-order valence-electron chi connectivity index (χ1n) is 9.60. The molecule has 1 fully saturated rings. The van der Waals surface area contributed by atoms with Crippen LogP contribution in [0.15, 0.2) is 24.3 Å². The van der Waals surface area contributed by atoms with Crippen LogP contribution < -0.4 is 10.6 Å². The van der Waals surface area contributed by atoms with E-state index in [4.69, 9.17) is 4.74 Å². The lowest BCUT2D eigenvalue weighted by Crippen LogP contribution is -2.57. The van der Waals surface area contributed by atoms with E-state index < -0.39 is 22.2 Å². The van der Waals surface area contributed by atoms with Crippen molar-refractivity contribution in [1.29, 1.82) is 0 Å². The largest absolute Gasteiger partial charge is 0.444 e. The van der Waals surface area contributed by atoms with Gasteiger partial charge < -0.3 is 15.4 Å². The van der Waals surface area contributed by atoms with Crippen molar-refractivity contribution in [3.8, 4) is 0 Å². The molecular weight excluding hydrogens is 362 g/mol. The Morgan fingerprint density at radius 2 is 1.75 bits per heavy atom. The fourth-order valence-corrected chi connectivity index (χ4v) is 3.35. The molecule has 1 aromatic carbocycles. The number of hydrogen-bond acceptors (Lipinski definition) is 5. The van der Waals surface area contributed by atoms with Crippen LogP contribution in [0.25, 0.3) is 0 Å². The van der Waals surface area contributed by atoms with Gasteiger partial charge in [-0.05, 0) is 39.2 Å². The Morgan fingerprint density at radius 3 is 2.29 bits per heavy atom. The molecule has 154 valence electrons. The SMILES string of the molecule is CC(C)(C)OC(=O)NC1(CNC(=O)Cc2ccc([N+](=O)[O-])cc2)CCCCC1. The van der Waals surface area contributed by atoms with Gasteiger partial charge in [-0.2, -0.15) is 0 Å². The van der Waals surface area contributed by atoms with Crippen molar-refractivity contribution < 1.29 is 19.2 Å². The molecule has 2 rings (SSSR count). The molecular formula is C20H29N3O5. The lowest BCUT2D eigenvalue weighted by atomic mass is 9.81. The highest BCUT2D eigenvalue weighted by atomic mass is 16.6. The van der Waals surface area contributed by atoms with Gasteiger partial charge in [0.1, 0.15) is 5.60 Å². The lowest BCUT2D eigenvalue weighted by Gasteiger charge is -2.38. The molecule has 1 saturated carbocycles. The van der Waals surface area contributed by atoms with Crippen LogP contribution in [0.1, 0.15) is 58.4 Å². The second kappa shape index (κ2) is 9.03. The maximum Gasteiger partial charge on any atom is 0.408 e. The quantitative estimate of drug-likeness (QED) is 0.570. The van der Waals surface area contributed by atoms with Crippen LogP contribution >= 0.6 is 0 Å². The fourth-order valence-electron chi connectivity index (χ4n) is 3.35. The number of nitro benzene ring substituents is 1. The van der Waals surface area contributed by atoms with Crippen LogP contribution in [-0.2, 0) is 16.0 Å². The number of ether oxygens (including phenoxy) is 1. The Bertz CT molecular complexity index is 704. The zero-order valence-electron chi connectivity index (χ0n) is 16.7. The summed E-state index contributed by atoms with van der Waals surface area (Å²) in [5.74, 6) is -0.190. The molecule has 1 aliphatic rings. The third-order valence-corrected chi connectivity index (χ3v) is 4.71. The van der Waals surface area contributed by atoms with Crippen LogP contribution in [0, 0.1) is 10.1 Å². The van der Waals surface area contributed by atoms with E-state index in [1.807, 2.05) is 20.8 Å². The van der Waals surface area contributed by atoms with Gasteiger partial charge in [0.05, 0.1) is 16.9 Å². The van der Waals surface area contributed by atoms with Gasteiger partial charge >= 0.3 is 6.09 Å². The van der Waals surface area contributed by atoms with E-state index in [0.29, 0.717) is 12.1 Å². The number of non-ortho nitro benzene ring substituents is 1. The second-order valence-corrected chi connectivity index (χ2v) is 8.34. The molecule has 0 aliphatic heterocycles. The molecule has 0 bridgehead atoms. The summed E-state index contributed by atoms with van der Waals surface area (Å²) in [6, 6.07) is 5.92. The number of carbonyl (C=O) groups excluding carboxylic acids is 2. The standard InChI is InChI=1S/C20H29N3O5/c1-19(2,3)28-18(25)22-20(11-5-4-6-12-20)14-21-17(24)13-15-7-9-16(10-8-15)23(26)27/h7-10H,4-6,11-14H2,1-3H3,(H,21,24)(H,22,25). The first-order chi connectivity index (χ1) is 13.1. The summed E-state index contributed by atoms with van der Waals surface area (Å²) >= 11 is 0. The van der Waals surface area contributed by atoms with Crippen LogP contribution in [0.5, 0.6) is 0 Å². The van der Waals surface area contributed by atoms with E-state index in [9.17, 15) is 19.7 Å². The molecule has 1 aromatic rings. The van der Waals surface area contributed by atoms with Gasteiger partial charge in [-0.3, -0.25) is 14.9 Å². The summed E-state index contributed by atoms with van der Waals surface area (Å²) in [6.45, 7) is 5.77. The van der Waals surface area contributed by atoms with E-state index in [0.717, 1.165) is 32.1 Å². The summed E-state index contributed by atoms with van der Waals surface area (Å²) in [5.41, 5.74) is -0.405. The predicted molar refractivity (Wildman–Crippen MR) is 105 cm³/mol. The Hall–Kier alpha value is -2.64. The molecule has 0 radical (unpaired) electrons. The summed E-state index contributed by atoms with van der Waals surface area (Å²) in [4.78, 5) is 34.8. The minimum Gasteiger partial charge on any atom is -0.444 e. The van der Waals surface area contributed by atoms with Crippen molar-refractivity contribution in [3.05, 3.63) is 39.9 Å². The molecule has 0 saturated heterocycles. The van der Waals surface area contributed by atoms with Crippen LogP contribution in [0.2, 0.25) is 0 Å². The van der Waals surface area contributed by atoms with E-state index >= 15 is 0 Å². The van der Waals surface area contributed by atoms with Crippen molar-refractivity contribution in [2.24, 2.45) is 0 Å². The maximum absolute atomic E-state index is 12.3. The number of nitrogens with one attached hydrogen (secondary N) is 2. The number of alkyl carbamates (subject to hydrolysis) is 1. The summed E-state index contributed by atoms with van der Waals surface area (Å²) < 4.78 is 5.38. The number of benzene rings is 1. The zero-order chi connectivity index (χ0) is 20.8. The minimum absolute atomic E-state index is 0.00752. The molecule has 1 aliphatic carbocycles. The highest BCUT2D eigenvalue weighted by Gasteiger charge is 2.35. The van der Waals surface area contributed by atoms with Crippen molar-refractivity contribution in [2.75, 3.05) is 6.54 Å². The van der Waals surface area contributed by atoms with Gasteiger partial charge in [0.2, 0.25) is 5.91 Å². The molecule has 2 N–H and O–H groups in total. The van der Waals surface area contributed by atoms with Crippen molar-refractivity contribution in [1.82, 2.24) is 10.6 Å². The average Bonchev–Trinajstić information content (AvgIpc) is 2.59. The van der Waals surface area contributed by atoms with Crippen molar-refractivity contribution in [2.45, 2.75) is 70.4 Å². The number of rotatable bonds is 6. The Labute approximate surface area is 165 Å². The van der Waals surface area contributed by atoms with Crippen LogP contribution in [0.3, 0.4) is 0 Å². The predicted octanol–water partition coefficient (Wildman–Crippen LogP) is 3.48. The molecule has 0 atom stereocenters. The molecule has 0 unspecified atom stereocenters. The summed E-state index contributed by atoms with van der Waals surface area (Å²) in [6.07, 6.45) is 4.28. The number of hydrogen-bond donors (Lipinski definition) is 2. The smallest absolute Gasteiger partial charge is 0.408 e. The molecule has 0 heterocycles. The Balaban J connectivity index is 1.94. The van der Waals surface area contributed by atoms with Crippen LogP contribution in [0.4, 0.5) is 10.5 Å². The molecule has 28 heavy (non-hydrogen) atoms. The topological polar surface area (TPSA) is 111 Å². The summed E-state index contributed by atoms with van der Waals surface area (Å²) in [7, 11) is 0. The van der Waals surface area contributed by atoms with Crippen molar-refractivity contribution in [3.63, 3.8) is 0 Å². The second-order valence-electron chi connectivity index (χ2n) is 8.34. The molecule has 8 heteroatoms. The highest BCUT2D eigenvalue weighted by Crippen LogP contribution is 2.28. The fraction of sp³-hybridized carbons (Fsp3) is 0.600. The third-order valence-electron chi connectivity index (χ3n) is 4.71. The van der Waals surface area contributed by atoms with Gasteiger partial charge in [-0.15, -0.1) is 0 Å². The maximum atomic E-state index is 12.3. The van der Waals surface area contributed by atoms with Gasteiger partial charge in [-0.1, -0.05) is 31.4 Å². The number of carbonyl (C=O) groups is 2. The van der Waals surface area contributed by atoms with Crippen LogP contribution in [-0.4, -0.2) is 34.6 Å². The highest BCUT2D eigenvalue weighted by molar-refractivity contribution is 5.79. The van der Waals surface area contributed by atoms with E-state index in [1.54, 1.807) is 12.1 Å². The Kier molecular flexibility index (Phi) is 6.99. The monoisotopic (exact) mass is 391 g/mol. The average molecular weight is 391 g/mol. The third kappa shape index (κ3) is 6.83. The van der Waals surface area contributed by atoms with Gasteiger partial charge in [0, 0.05) is 18.7 Å². The molecule has 2 amide bonds. The number of nitrogens with zero attached hydrogens (tertiary/aromatic N) is 1. The molecule has 8 nitrogen and oxygen atoms in total. The normalized spacial score (nSPS) is 16.1. The zero-order valence-corrected chi connectivity index (χ0v) is 16.7. The summed E-state index contributed by atoms with van der Waals surface area (Å²) in [5, 5.41) is 16.6. The van der Waals surface area contributed by atoms with E-state index in [1.165, 1.54) is 12.1 Å². The Morgan fingerprint density at radius 1 is 1.14 bits per heavy atom. The molecule has 0 spiro atoms. The van der Waals surface area contributed by atoms with Crippen molar-refractivity contribution >= 4 is 17.7 Å². The first-order valence-corrected chi connectivity index (χ1v) is 9.60. The van der Waals surface area contributed by atoms with Gasteiger partial charge in [0.15, 0.2) is 0 Å². The van der Waals surface area contributed by atoms with Gasteiger partial charge in [-0.25, -0.2) is 4.79 Å². The number of nitro groups is 1. The first kappa shape index (κ1) is 21.7. The number of amides is 2. The lowest BCUT2D eigenvalue weighted by molar-refractivity contribution is -0.384. The minimum atomic E-state index is -0.584. The van der Waals surface area contributed by atoms with E-state index in [-0.39, 0.29) is 18.0 Å². The van der Waals surface area contributed by atoms with Gasteiger partial charge in [0.25, 0.3) is 5.69 Å². The molecule has 0 aromatic heterocycles. The van der Waals surface area contributed by atoms with E-state index in [2.05, 4.69) is 10.6 Å².